The van der Waals surface area contributed by atoms with Gasteiger partial charge in [0.1, 0.15) is 17.5 Å². The molecule has 2 aromatic carbocycles. The summed E-state index contributed by atoms with van der Waals surface area (Å²) in [6.45, 7) is 1.98. The second-order valence-electron chi connectivity index (χ2n) is 7.05. The molecular formula is C23H23F3. The van der Waals surface area contributed by atoms with Crippen molar-refractivity contribution in [2.24, 2.45) is 5.92 Å². The molecule has 26 heavy (non-hydrogen) atoms. The summed E-state index contributed by atoms with van der Waals surface area (Å²) in [6, 6.07) is 9.46. The smallest absolute Gasteiger partial charge is 0.142 e. The van der Waals surface area contributed by atoms with Gasteiger partial charge in [-0.05, 0) is 73.4 Å². The van der Waals surface area contributed by atoms with E-state index in [9.17, 15) is 13.2 Å². The maximum Gasteiger partial charge on any atom is 0.142 e. The lowest BCUT2D eigenvalue weighted by Gasteiger charge is -2.26. The van der Waals surface area contributed by atoms with Gasteiger partial charge in [0, 0.05) is 5.92 Å². The number of aryl methyl sites for hydroxylation is 1. The van der Waals surface area contributed by atoms with E-state index >= 15 is 0 Å². The zero-order valence-corrected chi connectivity index (χ0v) is 15.0. The van der Waals surface area contributed by atoms with E-state index in [4.69, 9.17) is 0 Å². The molecule has 0 amide bonds. The summed E-state index contributed by atoms with van der Waals surface area (Å²) in [5.74, 6) is 5.00. The molecule has 0 heterocycles. The lowest BCUT2D eigenvalue weighted by Crippen LogP contribution is -2.12. The van der Waals surface area contributed by atoms with Gasteiger partial charge in [0.2, 0.25) is 0 Å². The van der Waals surface area contributed by atoms with Crippen molar-refractivity contribution < 1.29 is 13.2 Å². The molecule has 0 bridgehead atoms. The maximum atomic E-state index is 14.1. The van der Waals surface area contributed by atoms with E-state index in [0.717, 1.165) is 37.7 Å². The molecule has 1 fully saturated rings. The van der Waals surface area contributed by atoms with Gasteiger partial charge in [-0.2, -0.15) is 0 Å². The first-order valence-corrected chi connectivity index (χ1v) is 9.31. The number of hydrogen-bond donors (Lipinski definition) is 0. The van der Waals surface area contributed by atoms with Crippen LogP contribution in [0.15, 0.2) is 36.4 Å². The van der Waals surface area contributed by atoms with Gasteiger partial charge in [0.25, 0.3) is 0 Å². The first-order chi connectivity index (χ1) is 12.6. The van der Waals surface area contributed by atoms with Crippen molar-refractivity contribution in [3.63, 3.8) is 0 Å². The highest BCUT2D eigenvalue weighted by atomic mass is 19.1. The van der Waals surface area contributed by atoms with E-state index < -0.39 is 11.6 Å². The van der Waals surface area contributed by atoms with Gasteiger partial charge in [-0.15, -0.1) is 0 Å². The predicted octanol–water partition coefficient (Wildman–Crippen LogP) is 6.38. The average molecular weight is 356 g/mol. The average Bonchev–Trinajstić information content (AvgIpc) is 2.62. The zero-order chi connectivity index (χ0) is 18.5. The van der Waals surface area contributed by atoms with Crippen LogP contribution in [-0.4, -0.2) is 0 Å². The van der Waals surface area contributed by atoms with Crippen LogP contribution in [0.3, 0.4) is 0 Å². The summed E-state index contributed by atoms with van der Waals surface area (Å²) in [6.07, 6.45) is 5.23. The summed E-state index contributed by atoms with van der Waals surface area (Å²) in [5, 5.41) is 0. The summed E-state index contributed by atoms with van der Waals surface area (Å²) < 4.78 is 41.3. The van der Waals surface area contributed by atoms with Crippen molar-refractivity contribution in [2.45, 2.75) is 51.4 Å². The Labute approximate surface area is 153 Å². The molecule has 0 spiro atoms. The van der Waals surface area contributed by atoms with Crippen molar-refractivity contribution in [3.05, 3.63) is 70.5 Å². The number of rotatable bonds is 3. The molecule has 0 radical (unpaired) electrons. The minimum Gasteiger partial charge on any atom is -0.207 e. The predicted molar refractivity (Wildman–Crippen MR) is 98.3 cm³/mol. The molecule has 3 rings (SSSR count). The first kappa shape index (κ1) is 18.6. The van der Waals surface area contributed by atoms with Crippen molar-refractivity contribution in [1.82, 2.24) is 0 Å². The van der Waals surface area contributed by atoms with Crippen molar-refractivity contribution in [2.75, 3.05) is 0 Å². The van der Waals surface area contributed by atoms with Crippen LogP contribution in [-0.2, 0) is 6.42 Å². The molecule has 1 aliphatic rings. The van der Waals surface area contributed by atoms with Crippen LogP contribution in [0.1, 0.15) is 61.6 Å². The minimum absolute atomic E-state index is 0.120. The number of halogens is 3. The van der Waals surface area contributed by atoms with Crippen molar-refractivity contribution in [1.29, 1.82) is 0 Å². The Balaban J connectivity index is 1.64. The Bertz CT molecular complexity index is 781. The minimum atomic E-state index is -0.569. The fourth-order valence-electron chi connectivity index (χ4n) is 3.66. The van der Waals surface area contributed by atoms with Gasteiger partial charge in [-0.3, -0.25) is 0 Å². The van der Waals surface area contributed by atoms with E-state index in [1.165, 1.54) is 24.3 Å². The quantitative estimate of drug-likeness (QED) is 0.560. The molecule has 0 aliphatic heterocycles. The number of hydrogen-bond acceptors (Lipinski definition) is 0. The summed E-state index contributed by atoms with van der Waals surface area (Å²) >= 11 is 0. The maximum absolute atomic E-state index is 14.1. The van der Waals surface area contributed by atoms with E-state index in [-0.39, 0.29) is 17.3 Å². The van der Waals surface area contributed by atoms with E-state index in [1.54, 1.807) is 0 Å². The van der Waals surface area contributed by atoms with Gasteiger partial charge in [-0.25, -0.2) is 13.2 Å². The highest BCUT2D eigenvalue weighted by Crippen LogP contribution is 2.35. The molecule has 0 nitrogen and oxygen atoms in total. The molecule has 1 saturated carbocycles. The third kappa shape index (κ3) is 4.49. The largest absolute Gasteiger partial charge is 0.207 e. The highest BCUT2D eigenvalue weighted by Gasteiger charge is 2.21. The van der Waals surface area contributed by atoms with E-state index in [0.29, 0.717) is 17.9 Å². The van der Waals surface area contributed by atoms with Gasteiger partial charge in [0.15, 0.2) is 0 Å². The molecule has 3 heteroatoms. The van der Waals surface area contributed by atoms with Crippen molar-refractivity contribution >= 4 is 0 Å². The Morgan fingerprint density at radius 2 is 1.54 bits per heavy atom. The Kier molecular flexibility index (Phi) is 6.04. The Hall–Kier alpha value is -2.21. The van der Waals surface area contributed by atoms with Gasteiger partial charge >= 0.3 is 0 Å². The molecule has 0 unspecified atom stereocenters. The summed E-state index contributed by atoms with van der Waals surface area (Å²) in [7, 11) is 0. The van der Waals surface area contributed by atoms with Crippen LogP contribution in [0.5, 0.6) is 0 Å². The molecule has 0 aromatic heterocycles. The third-order valence-electron chi connectivity index (χ3n) is 5.11. The normalized spacial score (nSPS) is 19.7. The zero-order valence-electron chi connectivity index (χ0n) is 15.0. The number of benzene rings is 2. The van der Waals surface area contributed by atoms with Crippen LogP contribution in [0.2, 0.25) is 0 Å². The standard InChI is InChI=1S/C23H23F3/c1-2-3-17-14-22(25)21(23(26)15-17)13-6-16-4-7-18(8-5-16)19-9-11-20(24)12-10-19/h9-12,14-16,18H,2-5,7-8H2,1H3/t16-,18-. The SMILES string of the molecule is CCCc1cc(F)c(C#C[C@H]2CC[C@H](c3ccc(F)cc3)CC2)c(F)c1. The van der Waals surface area contributed by atoms with Crippen LogP contribution < -0.4 is 0 Å². The Morgan fingerprint density at radius 3 is 2.12 bits per heavy atom. The lowest BCUT2D eigenvalue weighted by molar-refractivity contribution is 0.384. The summed E-state index contributed by atoms with van der Waals surface area (Å²) in [5.41, 5.74) is 1.71. The topological polar surface area (TPSA) is 0 Å². The van der Waals surface area contributed by atoms with Crippen LogP contribution >= 0.6 is 0 Å². The molecular weight excluding hydrogens is 333 g/mol. The van der Waals surface area contributed by atoms with E-state index in [2.05, 4.69) is 11.8 Å². The van der Waals surface area contributed by atoms with Crippen LogP contribution in [0.4, 0.5) is 13.2 Å². The fourth-order valence-corrected chi connectivity index (χ4v) is 3.66. The monoisotopic (exact) mass is 356 g/mol. The summed E-state index contributed by atoms with van der Waals surface area (Å²) in [4.78, 5) is 0. The van der Waals surface area contributed by atoms with Gasteiger partial charge in [0.05, 0.1) is 5.56 Å². The van der Waals surface area contributed by atoms with Gasteiger partial charge in [-0.1, -0.05) is 37.3 Å². The van der Waals surface area contributed by atoms with Crippen LogP contribution in [0, 0.1) is 35.2 Å². The second kappa shape index (κ2) is 8.45. The van der Waals surface area contributed by atoms with Gasteiger partial charge < -0.3 is 0 Å². The highest BCUT2D eigenvalue weighted by molar-refractivity contribution is 5.39. The molecule has 1 aliphatic carbocycles. The fraction of sp³-hybridized carbons (Fsp3) is 0.391. The molecule has 0 saturated heterocycles. The third-order valence-corrected chi connectivity index (χ3v) is 5.11. The first-order valence-electron chi connectivity index (χ1n) is 9.31. The van der Waals surface area contributed by atoms with E-state index in [1.807, 2.05) is 19.1 Å². The van der Waals surface area contributed by atoms with Crippen molar-refractivity contribution in [3.8, 4) is 11.8 Å². The molecule has 2 aromatic rings. The lowest BCUT2D eigenvalue weighted by atomic mass is 9.79. The Morgan fingerprint density at radius 1 is 0.923 bits per heavy atom. The molecule has 0 N–H and O–H groups in total. The molecule has 136 valence electrons. The van der Waals surface area contributed by atoms with Crippen LogP contribution in [0.25, 0.3) is 0 Å². The molecule has 0 atom stereocenters. The second-order valence-corrected chi connectivity index (χ2v) is 7.05.